The topological polar surface area (TPSA) is 127 Å². The van der Waals surface area contributed by atoms with Crippen LogP contribution in [0.5, 0.6) is 0 Å². The summed E-state index contributed by atoms with van der Waals surface area (Å²) in [6, 6.07) is 0. The van der Waals surface area contributed by atoms with E-state index in [0.29, 0.717) is 6.42 Å². The molecule has 2 saturated heterocycles. The van der Waals surface area contributed by atoms with E-state index in [0.717, 1.165) is 36.4 Å². The number of methoxy groups -OCH3 is 1. The average molecular weight is 560 g/mol. The highest BCUT2D eigenvalue weighted by Gasteiger charge is 2.56. The van der Waals surface area contributed by atoms with Crippen LogP contribution >= 0.6 is 11.8 Å². The van der Waals surface area contributed by atoms with Crippen LogP contribution in [0.3, 0.4) is 0 Å². The van der Waals surface area contributed by atoms with Gasteiger partial charge in [-0.25, -0.2) is 14.0 Å². The molecule has 4 atom stereocenters. The summed E-state index contributed by atoms with van der Waals surface area (Å²) >= 11 is 1.32. The molecule has 38 heavy (non-hydrogen) atoms. The van der Waals surface area contributed by atoms with Crippen LogP contribution < -0.4 is 11.0 Å². The lowest BCUT2D eigenvalue weighted by molar-refractivity contribution is -0.323. The summed E-state index contributed by atoms with van der Waals surface area (Å²) in [5, 5.41) is 2.19. The molecule has 1 aromatic rings. The molecule has 3 heterocycles. The molecule has 1 aromatic heterocycles. The molecule has 2 aliphatic heterocycles. The number of unbranched alkanes of at least 4 members (excludes halogenated alkanes) is 5. The van der Waals surface area contributed by atoms with Crippen molar-refractivity contribution in [3.05, 3.63) is 22.5 Å². The molecule has 0 radical (unpaired) electrons. The van der Waals surface area contributed by atoms with E-state index in [2.05, 4.69) is 17.2 Å². The molecule has 214 valence electrons. The smallest absolute Gasteiger partial charge is 0.412 e. The predicted molar refractivity (Wildman–Crippen MR) is 138 cm³/mol. The molecule has 0 bridgehead atoms. The van der Waals surface area contributed by atoms with E-state index in [9.17, 15) is 18.8 Å². The van der Waals surface area contributed by atoms with Gasteiger partial charge in [0.15, 0.2) is 17.4 Å². The number of rotatable bonds is 11. The largest absolute Gasteiger partial charge is 0.468 e. The Morgan fingerprint density at radius 3 is 2.66 bits per heavy atom. The Labute approximate surface area is 226 Å². The number of esters is 1. The van der Waals surface area contributed by atoms with Gasteiger partial charge in [0.2, 0.25) is 0 Å². The third kappa shape index (κ3) is 7.45. The summed E-state index contributed by atoms with van der Waals surface area (Å²) in [5.41, 5.74) is -2.64. The number of halogens is 1. The van der Waals surface area contributed by atoms with Gasteiger partial charge >= 0.3 is 17.8 Å². The van der Waals surface area contributed by atoms with E-state index in [1.807, 2.05) is 0 Å². The molecule has 0 saturated carbocycles. The first kappa shape index (κ1) is 30.3. The van der Waals surface area contributed by atoms with Gasteiger partial charge in [0.05, 0.1) is 26.5 Å². The third-order valence-corrected chi connectivity index (χ3v) is 7.68. The lowest BCUT2D eigenvalue weighted by Gasteiger charge is -2.47. The van der Waals surface area contributed by atoms with Crippen molar-refractivity contribution in [3.63, 3.8) is 0 Å². The second-order valence-corrected chi connectivity index (χ2v) is 11.2. The van der Waals surface area contributed by atoms with Crippen molar-refractivity contribution in [2.45, 2.75) is 89.8 Å². The summed E-state index contributed by atoms with van der Waals surface area (Å²) < 4.78 is 43.6. The van der Waals surface area contributed by atoms with Gasteiger partial charge < -0.3 is 23.7 Å². The first-order chi connectivity index (χ1) is 18.0. The van der Waals surface area contributed by atoms with Gasteiger partial charge in [-0.05, 0) is 27.2 Å². The van der Waals surface area contributed by atoms with Crippen molar-refractivity contribution in [3.8, 4) is 0 Å². The zero-order chi connectivity index (χ0) is 27.9. The Morgan fingerprint density at radius 1 is 1.24 bits per heavy atom. The van der Waals surface area contributed by atoms with Gasteiger partial charge in [0.25, 0.3) is 0 Å². The Bertz CT molecular complexity index is 1040. The monoisotopic (exact) mass is 559 g/mol. The lowest BCUT2D eigenvalue weighted by atomic mass is 9.83. The molecule has 0 aliphatic carbocycles. The summed E-state index contributed by atoms with van der Waals surface area (Å²) in [7, 11) is 1.28. The number of amides is 1. The number of hydrogen-bond acceptors (Lipinski definition) is 10. The molecule has 0 aromatic carbocycles. The van der Waals surface area contributed by atoms with Gasteiger partial charge in [0, 0.05) is 5.75 Å². The van der Waals surface area contributed by atoms with Crippen molar-refractivity contribution < 1.29 is 37.7 Å². The Kier molecular flexibility index (Phi) is 10.6. The standard InChI is InChI=1S/C25H38FN3O8S/c1-6-7-8-9-10-11-12-34-23(32)28-19-16(26)13-29(22(31)27-19)17-14-38-20(36-17)18-25(4,21(30)33-5)15-35-24(2,3)37-18/h13,17-18,20H,6-12,14-15H2,1-5H3,(H,27,28,31,32)/t17-,18?,20+,25?/m1/s1. The van der Waals surface area contributed by atoms with Gasteiger partial charge in [-0.1, -0.05) is 39.0 Å². The molecule has 13 heteroatoms. The van der Waals surface area contributed by atoms with Crippen molar-refractivity contribution in [1.82, 2.24) is 9.55 Å². The average Bonchev–Trinajstić information content (AvgIpc) is 3.36. The fourth-order valence-corrected chi connectivity index (χ4v) is 5.61. The molecule has 2 fully saturated rings. The molecule has 11 nitrogen and oxygen atoms in total. The van der Waals surface area contributed by atoms with Crippen molar-refractivity contribution >= 4 is 29.6 Å². The number of ether oxygens (including phenoxy) is 5. The number of nitrogens with one attached hydrogen (secondary N) is 1. The Hall–Kier alpha value is -2.22. The summed E-state index contributed by atoms with van der Waals surface area (Å²) in [5.74, 6) is -2.65. The van der Waals surface area contributed by atoms with E-state index in [1.165, 1.54) is 25.3 Å². The normalized spacial score (nSPS) is 26.6. The molecule has 2 aliphatic rings. The number of aromatic nitrogens is 2. The molecule has 3 rings (SSSR count). The Balaban J connectivity index is 1.61. The number of nitrogens with zero attached hydrogens (tertiary/aromatic N) is 2. The van der Waals surface area contributed by atoms with Crippen LogP contribution in [0.1, 0.15) is 72.4 Å². The Morgan fingerprint density at radius 2 is 1.95 bits per heavy atom. The van der Waals surface area contributed by atoms with Crippen LogP contribution in [0.4, 0.5) is 15.0 Å². The number of thioether (sulfide) groups is 1. The SMILES string of the molecule is CCCCCCCCOC(=O)Nc1nc(=O)n([C@H]2CS[C@@H](C3OC(C)(C)OCC3(C)C(=O)OC)O2)cc1F. The molecule has 1 N–H and O–H groups in total. The van der Waals surface area contributed by atoms with Crippen molar-refractivity contribution in [2.24, 2.45) is 5.41 Å². The van der Waals surface area contributed by atoms with E-state index < -0.39 is 58.4 Å². The van der Waals surface area contributed by atoms with Gasteiger partial charge in [0.1, 0.15) is 23.2 Å². The van der Waals surface area contributed by atoms with Crippen LogP contribution in [-0.2, 0) is 28.5 Å². The van der Waals surface area contributed by atoms with Gasteiger partial charge in [-0.2, -0.15) is 4.98 Å². The maximum absolute atomic E-state index is 14.8. The molecule has 1 amide bonds. The second-order valence-electron chi connectivity index (χ2n) is 10.1. The van der Waals surface area contributed by atoms with Crippen LogP contribution in [0.2, 0.25) is 0 Å². The van der Waals surface area contributed by atoms with Gasteiger partial charge in [-0.15, -0.1) is 11.8 Å². The van der Waals surface area contributed by atoms with Crippen LogP contribution in [-0.4, -0.2) is 65.0 Å². The van der Waals surface area contributed by atoms with Crippen LogP contribution in [0.15, 0.2) is 11.0 Å². The fourth-order valence-electron chi connectivity index (χ4n) is 4.27. The molecular formula is C25H38FN3O8S. The zero-order valence-electron chi connectivity index (χ0n) is 22.6. The highest BCUT2D eigenvalue weighted by atomic mass is 32.2. The quantitative estimate of drug-likeness (QED) is 0.311. The van der Waals surface area contributed by atoms with Crippen molar-refractivity contribution in [1.29, 1.82) is 0 Å². The minimum absolute atomic E-state index is 0.0495. The maximum atomic E-state index is 14.8. The van der Waals surface area contributed by atoms with Crippen LogP contribution in [0, 0.1) is 11.2 Å². The molecular weight excluding hydrogens is 521 g/mol. The molecule has 2 unspecified atom stereocenters. The highest BCUT2D eigenvalue weighted by molar-refractivity contribution is 8.00. The van der Waals surface area contributed by atoms with E-state index >= 15 is 0 Å². The molecule has 0 spiro atoms. The van der Waals surface area contributed by atoms with E-state index in [4.69, 9.17) is 23.7 Å². The predicted octanol–water partition coefficient (Wildman–Crippen LogP) is 4.21. The van der Waals surface area contributed by atoms with Crippen molar-refractivity contribution in [2.75, 3.05) is 31.4 Å². The van der Waals surface area contributed by atoms with E-state index in [1.54, 1.807) is 20.8 Å². The highest BCUT2D eigenvalue weighted by Crippen LogP contribution is 2.45. The minimum atomic E-state index is -1.16. The fraction of sp³-hybridized carbons (Fsp3) is 0.760. The maximum Gasteiger partial charge on any atom is 0.412 e. The minimum Gasteiger partial charge on any atom is -0.468 e. The van der Waals surface area contributed by atoms with Crippen LogP contribution in [0.25, 0.3) is 0 Å². The summed E-state index contributed by atoms with van der Waals surface area (Å²) in [4.78, 5) is 41.0. The van der Waals surface area contributed by atoms with Gasteiger partial charge in [-0.3, -0.25) is 14.7 Å². The summed E-state index contributed by atoms with van der Waals surface area (Å²) in [6.07, 6.45) is 4.60. The first-order valence-electron chi connectivity index (χ1n) is 12.9. The first-order valence-corrected chi connectivity index (χ1v) is 14.0. The summed E-state index contributed by atoms with van der Waals surface area (Å²) in [6.45, 7) is 7.49. The number of hydrogen-bond donors (Lipinski definition) is 1. The third-order valence-electron chi connectivity index (χ3n) is 6.52. The van der Waals surface area contributed by atoms with E-state index in [-0.39, 0.29) is 19.0 Å². The number of carbonyl (C=O) groups is 2. The zero-order valence-corrected chi connectivity index (χ0v) is 23.4. The second kappa shape index (κ2) is 13.2. The number of anilines is 1. The lowest BCUT2D eigenvalue weighted by Crippen LogP contribution is -2.59. The number of carbonyl (C=O) groups excluding carboxylic acids is 2.